The van der Waals surface area contributed by atoms with E-state index in [-0.39, 0.29) is 34.5 Å². The summed E-state index contributed by atoms with van der Waals surface area (Å²) in [6.07, 6.45) is 3.45. The minimum absolute atomic E-state index is 0.0488. The molecule has 38 heavy (non-hydrogen) atoms. The van der Waals surface area contributed by atoms with Gasteiger partial charge in [-0.2, -0.15) is 0 Å². The molecule has 6 nitrogen and oxygen atoms in total. The highest BCUT2D eigenvalue weighted by molar-refractivity contribution is 6.04. The summed E-state index contributed by atoms with van der Waals surface area (Å²) in [5.74, 6) is 0.596. The zero-order valence-corrected chi connectivity index (χ0v) is 21.8. The van der Waals surface area contributed by atoms with Gasteiger partial charge in [-0.25, -0.2) is 9.37 Å². The van der Waals surface area contributed by atoms with Crippen molar-refractivity contribution >= 4 is 28.5 Å². The molecule has 3 atom stereocenters. The van der Waals surface area contributed by atoms with Gasteiger partial charge in [0, 0.05) is 28.4 Å². The van der Waals surface area contributed by atoms with E-state index in [1.54, 1.807) is 12.1 Å². The van der Waals surface area contributed by atoms with Crippen LogP contribution in [0.15, 0.2) is 66.7 Å². The molecule has 0 spiro atoms. The van der Waals surface area contributed by atoms with E-state index in [1.807, 2.05) is 30.3 Å². The Morgan fingerprint density at radius 2 is 1.66 bits per heavy atom. The summed E-state index contributed by atoms with van der Waals surface area (Å²) in [4.78, 5) is 33.6. The maximum absolute atomic E-state index is 13.2. The van der Waals surface area contributed by atoms with Crippen LogP contribution in [-0.2, 0) is 0 Å². The Balaban J connectivity index is 1.16. The van der Waals surface area contributed by atoms with Gasteiger partial charge >= 0.3 is 0 Å². The largest absolute Gasteiger partial charge is 0.349 e. The predicted octanol–water partition coefficient (Wildman–Crippen LogP) is 6.57. The van der Waals surface area contributed by atoms with Crippen molar-refractivity contribution in [1.82, 2.24) is 15.3 Å². The Kier molecular flexibility index (Phi) is 5.63. The Labute approximate surface area is 221 Å². The summed E-state index contributed by atoms with van der Waals surface area (Å²) in [5, 5.41) is 6.15. The van der Waals surface area contributed by atoms with Crippen LogP contribution in [0, 0.1) is 22.6 Å². The fraction of sp³-hybridized carbons (Fsp3) is 0.323. The zero-order chi connectivity index (χ0) is 26.7. The molecule has 194 valence electrons. The van der Waals surface area contributed by atoms with E-state index in [2.05, 4.69) is 36.4 Å². The maximum Gasteiger partial charge on any atom is 0.255 e. The second-order valence-electron chi connectivity index (χ2n) is 11.5. The van der Waals surface area contributed by atoms with Gasteiger partial charge in [-0.05, 0) is 103 Å². The first kappa shape index (κ1) is 24.3. The van der Waals surface area contributed by atoms with Gasteiger partial charge in [0.2, 0.25) is 0 Å². The van der Waals surface area contributed by atoms with E-state index in [4.69, 9.17) is 4.98 Å². The number of hydrogen-bond donors (Lipinski definition) is 3. The Morgan fingerprint density at radius 3 is 2.32 bits per heavy atom. The van der Waals surface area contributed by atoms with Crippen LogP contribution < -0.4 is 10.6 Å². The van der Waals surface area contributed by atoms with Crippen LogP contribution in [0.1, 0.15) is 60.7 Å². The van der Waals surface area contributed by atoms with Gasteiger partial charge in [-0.3, -0.25) is 9.59 Å². The molecule has 2 amide bonds. The van der Waals surface area contributed by atoms with Crippen LogP contribution >= 0.6 is 0 Å². The molecule has 0 radical (unpaired) electrons. The lowest BCUT2D eigenvalue weighted by Crippen LogP contribution is -2.46. The average Bonchev–Trinajstić information content (AvgIpc) is 3.48. The molecular weight excluding hydrogens is 479 g/mol. The van der Waals surface area contributed by atoms with Crippen molar-refractivity contribution in [1.29, 1.82) is 0 Å². The number of carbonyl (C=O) groups excluding carboxylic acids is 2. The monoisotopic (exact) mass is 510 g/mol. The molecule has 2 aliphatic carbocycles. The molecule has 0 aliphatic heterocycles. The quantitative estimate of drug-likeness (QED) is 0.284. The minimum Gasteiger partial charge on any atom is -0.349 e. The molecule has 7 heteroatoms. The number of amides is 2. The summed E-state index contributed by atoms with van der Waals surface area (Å²) in [6.45, 7) is 7.02. The second-order valence-corrected chi connectivity index (χ2v) is 11.5. The molecule has 4 aromatic rings. The number of anilines is 1. The van der Waals surface area contributed by atoms with Crippen molar-refractivity contribution < 1.29 is 14.0 Å². The Hall–Kier alpha value is -4.00. The number of fused-ring (bicyclic) bond motifs is 3. The molecule has 3 N–H and O–H groups in total. The number of carbonyl (C=O) groups is 2. The standard InChI is InChI=1S/C31H31FN4O2/c1-30(2)21-14-15-31(30,3)26(17-21)36-29(38)20-8-13-24-25(16-20)35-27(34-24)18-6-11-23(12-7-18)33-28(37)19-4-9-22(32)10-5-19/h4-13,16,21,26H,14-15,17H2,1-3H3,(H,33,37)(H,34,35)(H,36,38). The van der Waals surface area contributed by atoms with Gasteiger partial charge in [0.15, 0.2) is 0 Å². The number of rotatable bonds is 5. The molecule has 2 aliphatic rings. The van der Waals surface area contributed by atoms with Crippen LogP contribution in [-0.4, -0.2) is 27.8 Å². The minimum atomic E-state index is -0.386. The van der Waals surface area contributed by atoms with Gasteiger partial charge < -0.3 is 15.6 Å². The fourth-order valence-electron chi connectivity index (χ4n) is 6.46. The number of imidazole rings is 1. The number of aromatic nitrogens is 2. The number of nitrogens with one attached hydrogen (secondary N) is 3. The highest BCUT2D eigenvalue weighted by atomic mass is 19.1. The van der Waals surface area contributed by atoms with Crippen molar-refractivity contribution in [2.75, 3.05) is 5.32 Å². The third kappa shape index (κ3) is 3.97. The normalized spacial score (nSPS) is 23.5. The Bertz CT molecular complexity index is 1540. The van der Waals surface area contributed by atoms with Crippen LogP contribution in [0.4, 0.5) is 10.1 Å². The van der Waals surface area contributed by atoms with Crippen LogP contribution in [0.2, 0.25) is 0 Å². The number of benzene rings is 3. The van der Waals surface area contributed by atoms with Gasteiger partial charge in [0.1, 0.15) is 11.6 Å². The van der Waals surface area contributed by atoms with Crippen molar-refractivity contribution in [2.24, 2.45) is 16.7 Å². The first-order valence-electron chi connectivity index (χ1n) is 13.1. The van der Waals surface area contributed by atoms with Crippen molar-refractivity contribution in [3.63, 3.8) is 0 Å². The number of H-pyrrole nitrogens is 1. The Morgan fingerprint density at radius 1 is 0.947 bits per heavy atom. The number of hydrogen-bond acceptors (Lipinski definition) is 3. The maximum atomic E-state index is 13.2. The van der Waals surface area contributed by atoms with E-state index in [0.29, 0.717) is 28.6 Å². The highest BCUT2D eigenvalue weighted by Crippen LogP contribution is 2.65. The molecule has 0 saturated heterocycles. The van der Waals surface area contributed by atoms with Crippen LogP contribution in [0.5, 0.6) is 0 Å². The van der Waals surface area contributed by atoms with Crippen molar-refractivity contribution in [2.45, 2.75) is 46.1 Å². The molecule has 3 unspecified atom stereocenters. The summed E-state index contributed by atoms with van der Waals surface area (Å²) in [5.41, 5.74) is 4.40. The van der Waals surface area contributed by atoms with Gasteiger partial charge in [-0.15, -0.1) is 0 Å². The number of nitrogens with zero attached hydrogens (tertiary/aromatic N) is 1. The number of halogens is 1. The van der Waals surface area contributed by atoms with E-state index < -0.39 is 0 Å². The molecular formula is C31H31FN4O2. The average molecular weight is 511 g/mol. The lowest BCUT2D eigenvalue weighted by Gasteiger charge is -2.39. The topological polar surface area (TPSA) is 86.9 Å². The molecule has 2 fully saturated rings. The van der Waals surface area contributed by atoms with Crippen molar-refractivity contribution in [3.8, 4) is 11.4 Å². The smallest absolute Gasteiger partial charge is 0.255 e. The third-order valence-electron chi connectivity index (χ3n) is 9.37. The van der Waals surface area contributed by atoms with Crippen LogP contribution in [0.25, 0.3) is 22.4 Å². The van der Waals surface area contributed by atoms with Gasteiger partial charge in [0.25, 0.3) is 11.8 Å². The fourth-order valence-corrected chi connectivity index (χ4v) is 6.46. The molecule has 1 aromatic heterocycles. The van der Waals surface area contributed by atoms with Crippen LogP contribution in [0.3, 0.4) is 0 Å². The van der Waals surface area contributed by atoms with E-state index in [1.165, 1.54) is 30.7 Å². The van der Waals surface area contributed by atoms with E-state index in [0.717, 1.165) is 29.4 Å². The first-order chi connectivity index (χ1) is 18.1. The number of aromatic amines is 1. The molecule has 6 rings (SSSR count). The summed E-state index contributed by atoms with van der Waals surface area (Å²) >= 11 is 0. The second kappa shape index (κ2) is 8.79. The summed E-state index contributed by atoms with van der Waals surface area (Å²) < 4.78 is 13.1. The summed E-state index contributed by atoms with van der Waals surface area (Å²) in [6, 6.07) is 18.5. The molecule has 1 heterocycles. The third-order valence-corrected chi connectivity index (χ3v) is 9.37. The lowest BCUT2D eigenvalue weighted by molar-refractivity contribution is 0.0826. The van der Waals surface area contributed by atoms with Gasteiger partial charge in [0.05, 0.1) is 11.0 Å². The zero-order valence-electron chi connectivity index (χ0n) is 21.8. The highest BCUT2D eigenvalue weighted by Gasteiger charge is 2.61. The first-order valence-corrected chi connectivity index (χ1v) is 13.1. The van der Waals surface area contributed by atoms with Crippen molar-refractivity contribution in [3.05, 3.63) is 83.7 Å². The SMILES string of the molecule is CC1(C)C2CCC1(C)C(NC(=O)c1ccc3[nH]c(-c4ccc(NC(=O)c5ccc(F)cc5)cc4)nc3c1)C2. The molecule has 2 bridgehead atoms. The van der Waals surface area contributed by atoms with E-state index >= 15 is 0 Å². The van der Waals surface area contributed by atoms with Gasteiger partial charge in [-0.1, -0.05) is 20.8 Å². The summed E-state index contributed by atoms with van der Waals surface area (Å²) in [7, 11) is 0. The predicted molar refractivity (Wildman–Crippen MR) is 146 cm³/mol. The molecule has 2 saturated carbocycles. The lowest BCUT2D eigenvalue weighted by atomic mass is 9.69. The molecule has 3 aromatic carbocycles. The van der Waals surface area contributed by atoms with E-state index in [9.17, 15) is 14.0 Å².